The van der Waals surface area contributed by atoms with Crippen LogP contribution in [0, 0.1) is 4.77 Å². The van der Waals surface area contributed by atoms with Gasteiger partial charge in [0.05, 0.1) is 26.9 Å². The number of methoxy groups -OCH3 is 2. The highest BCUT2D eigenvalue weighted by atomic mass is 32.1. The first-order valence-electron chi connectivity index (χ1n) is 11.4. The molecular weight excluding hydrogens is 452 g/mol. The summed E-state index contributed by atoms with van der Waals surface area (Å²) in [5.74, 6) is 2.49. The number of rotatable bonds is 12. The molecule has 0 aliphatic heterocycles. The molecule has 0 spiro atoms. The van der Waals surface area contributed by atoms with Crippen molar-refractivity contribution in [3.8, 4) is 28.6 Å². The molecule has 0 saturated heterocycles. The first-order valence-corrected chi connectivity index (χ1v) is 11.8. The highest BCUT2D eigenvalue weighted by molar-refractivity contribution is 7.71. The van der Waals surface area contributed by atoms with E-state index in [1.54, 1.807) is 18.8 Å². The minimum Gasteiger partial charge on any atom is -0.497 e. The largest absolute Gasteiger partial charge is 0.497 e. The van der Waals surface area contributed by atoms with Crippen molar-refractivity contribution >= 4 is 18.1 Å². The zero-order chi connectivity index (χ0) is 24.5. The van der Waals surface area contributed by atoms with Gasteiger partial charge in [0.2, 0.25) is 5.91 Å². The second-order valence-corrected chi connectivity index (χ2v) is 8.31. The minimum atomic E-state index is -0.235. The minimum absolute atomic E-state index is 0.0385. The molecule has 34 heavy (non-hydrogen) atoms. The van der Waals surface area contributed by atoms with Crippen LogP contribution in [0.2, 0.25) is 0 Å². The topological polar surface area (TPSA) is 90.4 Å². The second-order valence-electron chi connectivity index (χ2n) is 7.92. The van der Waals surface area contributed by atoms with Crippen LogP contribution >= 0.6 is 12.2 Å². The van der Waals surface area contributed by atoms with Crippen molar-refractivity contribution in [2.75, 3.05) is 20.8 Å². The number of H-pyrrole nitrogens is 1. The molecule has 2 aromatic carbocycles. The Bertz CT molecular complexity index is 1140. The van der Waals surface area contributed by atoms with Crippen LogP contribution in [0.15, 0.2) is 42.5 Å². The van der Waals surface area contributed by atoms with Gasteiger partial charge in [-0.1, -0.05) is 25.8 Å². The summed E-state index contributed by atoms with van der Waals surface area (Å²) in [4.78, 5) is 12.9. The lowest BCUT2D eigenvalue weighted by Crippen LogP contribution is -2.30. The van der Waals surface area contributed by atoms with Gasteiger partial charge in [0.1, 0.15) is 12.3 Å². The molecule has 1 heterocycles. The highest BCUT2D eigenvalue weighted by Gasteiger charge is 2.16. The highest BCUT2D eigenvalue weighted by Crippen LogP contribution is 2.30. The van der Waals surface area contributed by atoms with Crippen LogP contribution in [-0.2, 0) is 11.3 Å². The van der Waals surface area contributed by atoms with Crippen LogP contribution < -0.4 is 19.5 Å². The van der Waals surface area contributed by atoms with E-state index in [1.165, 1.54) is 0 Å². The molecule has 3 aromatic rings. The number of aromatic amines is 1. The predicted molar refractivity (Wildman–Crippen MR) is 134 cm³/mol. The first-order chi connectivity index (χ1) is 16.5. The molecule has 2 N–H and O–H groups in total. The number of aromatic nitrogens is 3. The summed E-state index contributed by atoms with van der Waals surface area (Å²) in [5, 5.41) is 10.1. The van der Waals surface area contributed by atoms with Crippen LogP contribution in [0.1, 0.15) is 44.7 Å². The van der Waals surface area contributed by atoms with E-state index in [0.717, 1.165) is 36.1 Å². The molecule has 0 fully saturated rings. The lowest BCUT2D eigenvalue weighted by atomic mass is 10.1. The lowest BCUT2D eigenvalue weighted by molar-refractivity contribution is -0.122. The predicted octanol–water partition coefficient (Wildman–Crippen LogP) is 5.07. The second kappa shape index (κ2) is 12.2. The average molecular weight is 485 g/mol. The number of hydrogen-bond acceptors (Lipinski definition) is 6. The van der Waals surface area contributed by atoms with E-state index in [9.17, 15) is 4.79 Å². The molecule has 182 valence electrons. The summed E-state index contributed by atoms with van der Waals surface area (Å²) in [5.41, 5.74) is 1.74. The Morgan fingerprint density at radius 1 is 1.12 bits per heavy atom. The van der Waals surface area contributed by atoms with Gasteiger partial charge >= 0.3 is 0 Å². The van der Waals surface area contributed by atoms with Crippen LogP contribution in [0.25, 0.3) is 11.4 Å². The normalized spacial score (nSPS) is 11.6. The number of benzene rings is 2. The van der Waals surface area contributed by atoms with Crippen LogP contribution in [-0.4, -0.2) is 41.5 Å². The van der Waals surface area contributed by atoms with Crippen LogP contribution in [0.5, 0.6) is 17.2 Å². The molecule has 9 heteroatoms. The van der Waals surface area contributed by atoms with Gasteiger partial charge in [-0.15, -0.1) is 0 Å². The average Bonchev–Trinajstić information content (AvgIpc) is 3.21. The zero-order valence-electron chi connectivity index (χ0n) is 20.1. The Hall–Kier alpha value is -3.33. The number of amides is 1. The first kappa shape index (κ1) is 25.3. The Labute approximate surface area is 205 Å². The van der Waals surface area contributed by atoms with Gasteiger partial charge in [0.15, 0.2) is 22.1 Å². The molecule has 0 radical (unpaired) electrons. The third kappa shape index (κ3) is 6.38. The van der Waals surface area contributed by atoms with Crippen LogP contribution in [0.4, 0.5) is 0 Å². The van der Waals surface area contributed by atoms with Gasteiger partial charge in [0, 0.05) is 5.56 Å². The number of nitrogens with one attached hydrogen (secondary N) is 2. The summed E-state index contributed by atoms with van der Waals surface area (Å²) in [6, 6.07) is 12.9. The summed E-state index contributed by atoms with van der Waals surface area (Å²) in [6.45, 7) is 4.77. The fourth-order valence-corrected chi connectivity index (χ4v) is 3.74. The number of hydrogen-bond donors (Lipinski definition) is 2. The summed E-state index contributed by atoms with van der Waals surface area (Å²) < 4.78 is 18.6. The van der Waals surface area contributed by atoms with E-state index in [2.05, 4.69) is 22.4 Å². The molecule has 1 atom stereocenters. The fraction of sp³-hybridized carbons (Fsp3) is 0.400. The maximum atomic E-state index is 12.9. The SMILES string of the molecule is CCCCCOc1ccc(C(C)NC(=O)Cn2c(-c3ccc(OC)cc3)n[nH]c2=S)cc1OC. The van der Waals surface area contributed by atoms with Crippen molar-refractivity contribution < 1.29 is 19.0 Å². The Balaban J connectivity index is 1.67. The number of ether oxygens (including phenoxy) is 3. The van der Waals surface area contributed by atoms with E-state index in [1.807, 2.05) is 49.4 Å². The van der Waals surface area contributed by atoms with E-state index >= 15 is 0 Å². The Morgan fingerprint density at radius 3 is 2.56 bits per heavy atom. The van der Waals surface area contributed by atoms with Crippen molar-refractivity contribution in [3.63, 3.8) is 0 Å². The molecule has 0 bridgehead atoms. The van der Waals surface area contributed by atoms with E-state index in [4.69, 9.17) is 26.4 Å². The molecule has 1 unspecified atom stereocenters. The van der Waals surface area contributed by atoms with Gasteiger partial charge in [-0.3, -0.25) is 14.5 Å². The Morgan fingerprint density at radius 2 is 1.88 bits per heavy atom. The third-order valence-electron chi connectivity index (χ3n) is 5.48. The molecule has 3 rings (SSSR count). The molecule has 0 aliphatic carbocycles. The molecule has 1 aromatic heterocycles. The molecule has 0 saturated carbocycles. The number of unbranched alkanes of at least 4 members (excludes halogenated alkanes) is 2. The fourth-order valence-electron chi connectivity index (χ4n) is 3.55. The van der Waals surface area contributed by atoms with Gasteiger partial charge in [-0.25, -0.2) is 0 Å². The standard InChI is InChI=1S/C25H32N4O4S/c1-5-6-7-14-33-21-13-10-19(15-22(21)32-4)17(2)26-23(30)16-29-24(27-28-25(29)34)18-8-11-20(31-3)12-9-18/h8-13,15,17H,5-7,14,16H2,1-4H3,(H,26,30)(H,28,34). The Kier molecular flexibility index (Phi) is 9.09. The van der Waals surface area contributed by atoms with E-state index in [-0.39, 0.29) is 18.5 Å². The number of nitrogens with zero attached hydrogens (tertiary/aromatic N) is 2. The van der Waals surface area contributed by atoms with Gasteiger partial charge < -0.3 is 19.5 Å². The monoisotopic (exact) mass is 484 g/mol. The molecule has 0 aliphatic rings. The maximum Gasteiger partial charge on any atom is 0.240 e. The van der Waals surface area contributed by atoms with Gasteiger partial charge in [0.25, 0.3) is 0 Å². The zero-order valence-corrected chi connectivity index (χ0v) is 20.9. The number of carbonyl (C=O) groups is 1. The summed E-state index contributed by atoms with van der Waals surface area (Å²) in [6.07, 6.45) is 3.27. The van der Waals surface area contributed by atoms with E-state index in [0.29, 0.717) is 28.7 Å². The smallest absolute Gasteiger partial charge is 0.240 e. The summed E-state index contributed by atoms with van der Waals surface area (Å²) in [7, 11) is 3.23. The van der Waals surface area contributed by atoms with Crippen molar-refractivity contribution in [1.82, 2.24) is 20.1 Å². The number of carbonyl (C=O) groups excluding carboxylic acids is 1. The van der Waals surface area contributed by atoms with E-state index < -0.39 is 0 Å². The third-order valence-corrected chi connectivity index (χ3v) is 5.79. The van der Waals surface area contributed by atoms with Gasteiger partial charge in [-0.2, -0.15) is 5.10 Å². The van der Waals surface area contributed by atoms with Gasteiger partial charge in [-0.05, 0) is 67.5 Å². The van der Waals surface area contributed by atoms with Crippen LogP contribution in [0.3, 0.4) is 0 Å². The maximum absolute atomic E-state index is 12.9. The molecule has 1 amide bonds. The summed E-state index contributed by atoms with van der Waals surface area (Å²) >= 11 is 5.36. The van der Waals surface area contributed by atoms with Crippen molar-refractivity contribution in [2.45, 2.75) is 45.7 Å². The van der Waals surface area contributed by atoms with Crippen molar-refractivity contribution in [2.24, 2.45) is 0 Å². The molecule has 8 nitrogen and oxygen atoms in total. The van der Waals surface area contributed by atoms with Crippen molar-refractivity contribution in [3.05, 3.63) is 52.8 Å². The quantitative estimate of drug-likeness (QED) is 0.276. The lowest BCUT2D eigenvalue weighted by Gasteiger charge is -2.18. The van der Waals surface area contributed by atoms with Crippen molar-refractivity contribution in [1.29, 1.82) is 0 Å². The molecular formula is C25H32N4O4S.